The van der Waals surface area contributed by atoms with Crippen LogP contribution in [0.5, 0.6) is 0 Å². The SMILES string of the molecule is N#CC1(Cn2ccc3cc(Cl)cc(-c4ccnc5cc(CN6C(O)N(CC(F)(F)F)C7(CCC7)C6O)sc45)c32)CCNCC1. The molecule has 2 aliphatic heterocycles. The summed E-state index contributed by atoms with van der Waals surface area (Å²) in [6, 6.07) is 12.2. The number of benzene rings is 1. The van der Waals surface area contributed by atoms with Gasteiger partial charge >= 0.3 is 6.18 Å². The normalized spacial score (nSPS) is 23.8. The van der Waals surface area contributed by atoms with E-state index in [1.807, 2.05) is 36.5 Å². The topological polar surface area (TPSA) is 101 Å². The fourth-order valence-corrected chi connectivity index (χ4v) is 8.70. The van der Waals surface area contributed by atoms with Crippen LogP contribution in [0.15, 0.2) is 42.7 Å². The highest BCUT2D eigenvalue weighted by atomic mass is 35.5. The maximum Gasteiger partial charge on any atom is 0.401 e. The van der Waals surface area contributed by atoms with Gasteiger partial charge in [0, 0.05) is 51.9 Å². The van der Waals surface area contributed by atoms with E-state index in [9.17, 15) is 28.6 Å². The summed E-state index contributed by atoms with van der Waals surface area (Å²) in [7, 11) is 0. The first-order chi connectivity index (χ1) is 21.0. The molecule has 44 heavy (non-hydrogen) atoms. The Morgan fingerprint density at radius 3 is 2.57 bits per heavy atom. The van der Waals surface area contributed by atoms with Crippen molar-refractivity contribution in [2.75, 3.05) is 19.6 Å². The lowest BCUT2D eigenvalue weighted by Gasteiger charge is -2.47. The van der Waals surface area contributed by atoms with Crippen LogP contribution in [-0.2, 0) is 13.1 Å². The second-order valence-corrected chi connectivity index (χ2v) is 13.9. The Labute approximate surface area is 261 Å². The van der Waals surface area contributed by atoms with Gasteiger partial charge in [0.15, 0.2) is 6.35 Å². The zero-order valence-electron chi connectivity index (χ0n) is 23.8. The van der Waals surface area contributed by atoms with E-state index in [0.29, 0.717) is 36.3 Å². The lowest BCUT2D eigenvalue weighted by atomic mass is 9.74. The molecule has 2 saturated heterocycles. The van der Waals surface area contributed by atoms with Gasteiger partial charge in [0.2, 0.25) is 0 Å². The lowest BCUT2D eigenvalue weighted by Crippen LogP contribution is -2.59. The van der Waals surface area contributed by atoms with Crippen molar-refractivity contribution < 1.29 is 23.4 Å². The number of nitrogens with zero attached hydrogens (tertiary/aromatic N) is 5. The molecule has 2 atom stereocenters. The van der Waals surface area contributed by atoms with E-state index in [4.69, 9.17) is 11.6 Å². The predicted octanol–water partition coefficient (Wildman–Crippen LogP) is 5.66. The number of alkyl halides is 3. The Morgan fingerprint density at radius 2 is 1.89 bits per heavy atom. The fraction of sp³-hybridized carbons (Fsp3) is 0.484. The molecule has 1 aliphatic carbocycles. The number of aliphatic hydroxyl groups is 2. The maximum atomic E-state index is 13.4. The molecule has 2 unspecified atom stereocenters. The second kappa shape index (κ2) is 10.9. The number of aromatic nitrogens is 2. The summed E-state index contributed by atoms with van der Waals surface area (Å²) in [5.74, 6) is 0. The Hall–Kier alpha value is -2.76. The van der Waals surface area contributed by atoms with Gasteiger partial charge in [-0.05, 0) is 75.5 Å². The molecule has 3 aromatic heterocycles. The van der Waals surface area contributed by atoms with Gasteiger partial charge in [-0.2, -0.15) is 18.4 Å². The minimum Gasteiger partial charge on any atom is -0.376 e. The third kappa shape index (κ3) is 4.99. The fourth-order valence-electron chi connectivity index (χ4n) is 7.32. The summed E-state index contributed by atoms with van der Waals surface area (Å²) >= 11 is 8.04. The van der Waals surface area contributed by atoms with Crippen LogP contribution in [0.3, 0.4) is 0 Å². The smallest absolute Gasteiger partial charge is 0.376 e. The van der Waals surface area contributed by atoms with Crippen LogP contribution >= 0.6 is 22.9 Å². The minimum atomic E-state index is -4.50. The Morgan fingerprint density at radius 1 is 1.11 bits per heavy atom. The molecule has 232 valence electrons. The molecule has 1 spiro atoms. The van der Waals surface area contributed by atoms with Gasteiger partial charge < -0.3 is 20.1 Å². The summed E-state index contributed by atoms with van der Waals surface area (Å²) in [5.41, 5.74) is 1.87. The van der Waals surface area contributed by atoms with E-state index in [1.54, 1.807) is 6.20 Å². The van der Waals surface area contributed by atoms with Gasteiger partial charge in [0.1, 0.15) is 6.23 Å². The summed E-state index contributed by atoms with van der Waals surface area (Å²) < 4.78 is 43.3. The zero-order valence-corrected chi connectivity index (χ0v) is 25.4. The molecule has 13 heteroatoms. The molecule has 3 N–H and O–H groups in total. The number of nitrogens with one attached hydrogen (secondary N) is 1. The first-order valence-electron chi connectivity index (χ1n) is 14.8. The van der Waals surface area contributed by atoms with E-state index < -0.39 is 36.3 Å². The molecular formula is C31H32ClF3N6O2S. The molecule has 1 saturated carbocycles. The average Bonchev–Trinajstić information content (AvgIpc) is 3.62. The summed E-state index contributed by atoms with van der Waals surface area (Å²) in [5, 5.41) is 37.2. The van der Waals surface area contributed by atoms with Crippen molar-refractivity contribution in [3.8, 4) is 17.2 Å². The molecular weight excluding hydrogens is 613 g/mol. The highest BCUT2D eigenvalue weighted by Crippen LogP contribution is 2.49. The van der Waals surface area contributed by atoms with E-state index in [1.165, 1.54) is 16.2 Å². The van der Waals surface area contributed by atoms with Crippen LogP contribution in [0.4, 0.5) is 13.2 Å². The van der Waals surface area contributed by atoms with Crippen LogP contribution in [0.2, 0.25) is 5.02 Å². The molecule has 7 rings (SSSR count). The molecule has 8 nitrogen and oxygen atoms in total. The molecule has 0 radical (unpaired) electrons. The second-order valence-electron chi connectivity index (χ2n) is 12.4. The number of halogens is 4. The predicted molar refractivity (Wildman–Crippen MR) is 163 cm³/mol. The van der Waals surface area contributed by atoms with Crippen LogP contribution in [0.25, 0.3) is 32.2 Å². The van der Waals surface area contributed by atoms with Crippen LogP contribution < -0.4 is 5.32 Å². The first kappa shape index (κ1) is 29.9. The monoisotopic (exact) mass is 644 g/mol. The van der Waals surface area contributed by atoms with Gasteiger partial charge in [-0.3, -0.25) is 4.98 Å². The lowest BCUT2D eigenvalue weighted by molar-refractivity contribution is -0.193. The number of aliphatic hydroxyl groups excluding tert-OH is 2. The van der Waals surface area contributed by atoms with Crippen molar-refractivity contribution in [1.29, 1.82) is 5.26 Å². The van der Waals surface area contributed by atoms with Crippen molar-refractivity contribution in [3.05, 3.63) is 52.6 Å². The Kier molecular flexibility index (Phi) is 7.44. The van der Waals surface area contributed by atoms with Gasteiger partial charge in [0.25, 0.3) is 0 Å². The van der Waals surface area contributed by atoms with Crippen molar-refractivity contribution >= 4 is 44.1 Å². The summed E-state index contributed by atoms with van der Waals surface area (Å²) in [6.07, 6.45) is -0.582. The highest BCUT2D eigenvalue weighted by Gasteiger charge is 2.61. The first-order valence-corrected chi connectivity index (χ1v) is 16.0. The van der Waals surface area contributed by atoms with Gasteiger partial charge in [0.05, 0.1) is 39.3 Å². The van der Waals surface area contributed by atoms with Crippen LogP contribution in [0.1, 0.15) is 37.0 Å². The number of rotatable bonds is 6. The molecule has 5 heterocycles. The molecule has 3 aliphatic rings. The quantitative estimate of drug-likeness (QED) is 0.249. The average molecular weight is 645 g/mol. The molecule has 4 aromatic rings. The van der Waals surface area contributed by atoms with E-state index in [0.717, 1.165) is 62.4 Å². The van der Waals surface area contributed by atoms with Crippen molar-refractivity contribution in [3.63, 3.8) is 0 Å². The Balaban J connectivity index is 1.25. The third-order valence-electron chi connectivity index (χ3n) is 9.70. The van der Waals surface area contributed by atoms with Crippen molar-refractivity contribution in [1.82, 2.24) is 24.7 Å². The molecule has 3 fully saturated rings. The van der Waals surface area contributed by atoms with E-state index in [-0.39, 0.29) is 6.54 Å². The third-order valence-corrected chi connectivity index (χ3v) is 11.1. The summed E-state index contributed by atoms with van der Waals surface area (Å²) in [6.45, 7) is 0.925. The number of piperidine rings is 1. The van der Waals surface area contributed by atoms with Gasteiger partial charge in [-0.1, -0.05) is 11.6 Å². The highest BCUT2D eigenvalue weighted by molar-refractivity contribution is 7.19. The van der Waals surface area contributed by atoms with Gasteiger partial charge in [-0.15, -0.1) is 11.3 Å². The number of hydrogen-bond donors (Lipinski definition) is 3. The summed E-state index contributed by atoms with van der Waals surface area (Å²) in [4.78, 5) is 7.68. The number of pyridine rings is 1. The Bertz CT molecular complexity index is 1760. The molecule has 0 amide bonds. The van der Waals surface area contributed by atoms with E-state index in [2.05, 4.69) is 20.9 Å². The molecule has 0 bridgehead atoms. The zero-order chi connectivity index (χ0) is 30.9. The number of hydrogen-bond acceptors (Lipinski definition) is 8. The largest absolute Gasteiger partial charge is 0.401 e. The number of nitriles is 1. The molecule has 1 aromatic carbocycles. The van der Waals surface area contributed by atoms with Gasteiger partial charge in [-0.25, -0.2) is 9.80 Å². The van der Waals surface area contributed by atoms with Crippen molar-refractivity contribution in [2.45, 2.75) is 69.5 Å². The number of fused-ring (bicyclic) bond motifs is 2. The van der Waals surface area contributed by atoms with Crippen LogP contribution in [0, 0.1) is 16.7 Å². The maximum absolute atomic E-state index is 13.4. The van der Waals surface area contributed by atoms with Crippen LogP contribution in [-0.4, -0.2) is 73.5 Å². The standard InChI is InChI=1S/C31H32ClF3N6O2S/c32-20-12-19-3-11-39(17-29(16-36)6-9-37-10-7-29)25(19)23(13-20)22-2-8-38-24-14-21(44-26(22)24)15-40-27(42)30(4-1-5-30)41(28(40)43)18-31(33,34)35/h2-3,8,11-14,27-28,37,42-43H,1,4-7,9-10,15,17-18H2. The number of thiophene rings is 1. The van der Waals surface area contributed by atoms with Crippen molar-refractivity contribution in [2.24, 2.45) is 5.41 Å². The van der Waals surface area contributed by atoms with E-state index >= 15 is 0 Å². The minimum absolute atomic E-state index is 0.0684.